The number of nitrogens with zero attached hydrogens (tertiary/aromatic N) is 3. The maximum atomic E-state index is 4.62. The topological polar surface area (TPSA) is 54.2 Å². The lowest BCUT2D eigenvalue weighted by atomic mass is 10.2. The monoisotopic (exact) mass is 299 g/mol. The van der Waals surface area contributed by atoms with Gasteiger partial charge in [-0.15, -0.1) is 0 Å². The first kappa shape index (κ1) is 16.1. The summed E-state index contributed by atoms with van der Waals surface area (Å²) in [4.78, 5) is 4.62. The minimum absolute atomic E-state index is 0.668. The van der Waals surface area contributed by atoms with Crippen molar-refractivity contribution < 1.29 is 0 Å². The molecule has 0 fully saturated rings. The first-order chi connectivity index (χ1) is 10.8. The number of nitrogens with one attached hydrogen (secondary N) is 2. The normalized spacial score (nSPS) is 11.5. The fourth-order valence-electron chi connectivity index (χ4n) is 2.07. The van der Waals surface area contributed by atoms with Gasteiger partial charge in [-0.05, 0) is 37.1 Å². The van der Waals surface area contributed by atoms with Crippen LogP contribution in [0.2, 0.25) is 0 Å². The van der Waals surface area contributed by atoms with Crippen LogP contribution in [-0.2, 0) is 6.54 Å². The minimum atomic E-state index is 0.668. The summed E-state index contributed by atoms with van der Waals surface area (Å²) < 4.78 is 1.85. The molecule has 0 unspecified atom stereocenters. The smallest absolute Gasteiger partial charge is 0.191 e. The van der Waals surface area contributed by atoms with Gasteiger partial charge in [-0.1, -0.05) is 25.5 Å². The lowest BCUT2D eigenvalue weighted by Crippen LogP contribution is -2.37. The van der Waals surface area contributed by atoms with Crippen LogP contribution in [0.5, 0.6) is 0 Å². The van der Waals surface area contributed by atoms with E-state index in [-0.39, 0.29) is 0 Å². The Labute approximate surface area is 132 Å². The second kappa shape index (κ2) is 8.87. The van der Waals surface area contributed by atoms with Crippen LogP contribution < -0.4 is 10.6 Å². The van der Waals surface area contributed by atoms with Crippen molar-refractivity contribution in [3.8, 4) is 5.69 Å². The molecule has 0 amide bonds. The molecule has 1 heterocycles. The molecule has 22 heavy (non-hydrogen) atoms. The molecule has 0 saturated heterocycles. The van der Waals surface area contributed by atoms with Gasteiger partial charge in [0, 0.05) is 25.5 Å². The molecule has 2 rings (SSSR count). The highest BCUT2D eigenvalue weighted by Gasteiger charge is 1.99. The highest BCUT2D eigenvalue weighted by molar-refractivity contribution is 5.79. The third-order valence-electron chi connectivity index (χ3n) is 3.29. The van der Waals surface area contributed by atoms with E-state index in [2.05, 4.69) is 58.8 Å². The zero-order valence-electron chi connectivity index (χ0n) is 13.4. The van der Waals surface area contributed by atoms with Crippen molar-refractivity contribution in [1.29, 1.82) is 0 Å². The van der Waals surface area contributed by atoms with Crippen LogP contribution in [0, 0.1) is 0 Å². The number of unbranched alkanes of at least 4 members (excludes halogenated alkanes) is 1. The molecule has 0 spiro atoms. The number of guanidine groups is 1. The van der Waals surface area contributed by atoms with Gasteiger partial charge in [-0.25, -0.2) is 9.67 Å². The van der Waals surface area contributed by atoms with Crippen LogP contribution in [0.1, 0.15) is 32.3 Å². The Kier molecular flexibility index (Phi) is 6.48. The Morgan fingerprint density at radius 2 is 2.00 bits per heavy atom. The van der Waals surface area contributed by atoms with Gasteiger partial charge in [0.05, 0.1) is 12.2 Å². The van der Waals surface area contributed by atoms with Crippen molar-refractivity contribution in [2.45, 2.75) is 33.2 Å². The van der Waals surface area contributed by atoms with Crippen LogP contribution in [0.25, 0.3) is 5.69 Å². The average Bonchev–Trinajstić information content (AvgIpc) is 3.08. The van der Waals surface area contributed by atoms with E-state index in [9.17, 15) is 0 Å². The lowest BCUT2D eigenvalue weighted by Gasteiger charge is -2.10. The molecule has 5 nitrogen and oxygen atoms in total. The van der Waals surface area contributed by atoms with Crippen LogP contribution in [0.4, 0.5) is 0 Å². The number of hydrogen-bond donors (Lipinski definition) is 2. The molecule has 0 atom stereocenters. The van der Waals surface area contributed by atoms with E-state index in [0.717, 1.165) is 31.2 Å². The summed E-state index contributed by atoms with van der Waals surface area (Å²) in [5.41, 5.74) is 2.24. The molecule has 2 N–H and O–H groups in total. The first-order valence-corrected chi connectivity index (χ1v) is 7.94. The fourth-order valence-corrected chi connectivity index (χ4v) is 2.07. The van der Waals surface area contributed by atoms with Crippen molar-refractivity contribution >= 4 is 5.96 Å². The predicted octanol–water partition coefficient (Wildman–Crippen LogP) is 2.73. The van der Waals surface area contributed by atoms with Gasteiger partial charge in [-0.3, -0.25) is 0 Å². The standard InChI is InChI=1S/C17H25N5/c1-3-5-11-19-17(18-4-2)20-14-15-7-9-16(10-8-15)22-13-6-12-21-22/h6-10,12-13H,3-5,11,14H2,1-2H3,(H2,18,19,20). The van der Waals surface area contributed by atoms with Gasteiger partial charge in [0.25, 0.3) is 0 Å². The van der Waals surface area contributed by atoms with Crippen molar-refractivity contribution in [2.24, 2.45) is 4.99 Å². The molecular weight excluding hydrogens is 274 g/mol. The zero-order chi connectivity index (χ0) is 15.6. The maximum Gasteiger partial charge on any atom is 0.191 e. The Hall–Kier alpha value is -2.30. The van der Waals surface area contributed by atoms with Crippen molar-refractivity contribution in [3.05, 3.63) is 48.3 Å². The van der Waals surface area contributed by atoms with Gasteiger partial charge in [0.1, 0.15) is 0 Å². The molecule has 0 aliphatic carbocycles. The Bertz CT molecular complexity index is 557. The summed E-state index contributed by atoms with van der Waals surface area (Å²) in [6.45, 7) is 6.76. The van der Waals surface area contributed by atoms with Gasteiger partial charge >= 0.3 is 0 Å². The highest BCUT2D eigenvalue weighted by Crippen LogP contribution is 2.09. The molecule has 0 aliphatic rings. The van der Waals surface area contributed by atoms with E-state index >= 15 is 0 Å². The van der Waals surface area contributed by atoms with E-state index in [1.807, 2.05) is 16.9 Å². The Balaban J connectivity index is 1.94. The van der Waals surface area contributed by atoms with Crippen molar-refractivity contribution in [2.75, 3.05) is 13.1 Å². The molecule has 1 aromatic carbocycles. The van der Waals surface area contributed by atoms with Crippen LogP contribution >= 0.6 is 0 Å². The van der Waals surface area contributed by atoms with Crippen LogP contribution in [0.15, 0.2) is 47.7 Å². The maximum absolute atomic E-state index is 4.62. The largest absolute Gasteiger partial charge is 0.357 e. The number of aromatic nitrogens is 2. The van der Waals surface area contributed by atoms with E-state index in [0.29, 0.717) is 6.54 Å². The summed E-state index contributed by atoms with van der Waals surface area (Å²) >= 11 is 0. The number of rotatable bonds is 7. The third-order valence-corrected chi connectivity index (χ3v) is 3.29. The minimum Gasteiger partial charge on any atom is -0.357 e. The SMILES string of the molecule is CCCCNC(=NCc1ccc(-n2cccn2)cc1)NCC. The molecule has 0 saturated carbocycles. The van der Waals surface area contributed by atoms with Gasteiger partial charge < -0.3 is 10.6 Å². The summed E-state index contributed by atoms with van der Waals surface area (Å²) in [6, 6.07) is 10.2. The first-order valence-electron chi connectivity index (χ1n) is 7.94. The van der Waals surface area contributed by atoms with Crippen molar-refractivity contribution in [3.63, 3.8) is 0 Å². The van der Waals surface area contributed by atoms with Gasteiger partial charge in [-0.2, -0.15) is 5.10 Å². The predicted molar refractivity (Wildman–Crippen MR) is 91.3 cm³/mol. The van der Waals surface area contributed by atoms with E-state index in [4.69, 9.17) is 0 Å². The van der Waals surface area contributed by atoms with Crippen molar-refractivity contribution in [1.82, 2.24) is 20.4 Å². The fraction of sp³-hybridized carbons (Fsp3) is 0.412. The second-order valence-corrected chi connectivity index (χ2v) is 5.09. The molecule has 5 heteroatoms. The second-order valence-electron chi connectivity index (χ2n) is 5.09. The molecule has 0 bridgehead atoms. The van der Waals surface area contributed by atoms with Gasteiger partial charge in [0.15, 0.2) is 5.96 Å². The van der Waals surface area contributed by atoms with E-state index in [1.54, 1.807) is 6.20 Å². The zero-order valence-corrected chi connectivity index (χ0v) is 13.4. The summed E-state index contributed by atoms with van der Waals surface area (Å²) in [7, 11) is 0. The van der Waals surface area contributed by atoms with E-state index in [1.165, 1.54) is 12.0 Å². The summed E-state index contributed by atoms with van der Waals surface area (Å²) in [5.74, 6) is 0.882. The number of hydrogen-bond acceptors (Lipinski definition) is 2. The van der Waals surface area contributed by atoms with Gasteiger partial charge in [0.2, 0.25) is 0 Å². The molecule has 1 aromatic heterocycles. The Morgan fingerprint density at radius 3 is 2.64 bits per heavy atom. The van der Waals surface area contributed by atoms with Crippen LogP contribution in [-0.4, -0.2) is 28.8 Å². The molecular formula is C17H25N5. The molecule has 0 aliphatic heterocycles. The lowest BCUT2D eigenvalue weighted by molar-refractivity contribution is 0.730. The van der Waals surface area contributed by atoms with E-state index < -0.39 is 0 Å². The third kappa shape index (κ3) is 4.91. The van der Waals surface area contributed by atoms with Crippen LogP contribution in [0.3, 0.4) is 0 Å². The quantitative estimate of drug-likeness (QED) is 0.469. The molecule has 2 aromatic rings. The molecule has 0 radical (unpaired) electrons. The average molecular weight is 299 g/mol. The Morgan fingerprint density at radius 1 is 1.18 bits per heavy atom. The summed E-state index contributed by atoms with van der Waals surface area (Å²) in [5, 5.41) is 10.8. The number of aliphatic imine (C=N–C) groups is 1. The summed E-state index contributed by atoms with van der Waals surface area (Å²) in [6.07, 6.45) is 6.06. The number of benzene rings is 1. The highest BCUT2D eigenvalue weighted by atomic mass is 15.3. The molecule has 118 valence electrons.